The number of carbonyl (C=O) groups is 1. The van der Waals surface area contributed by atoms with Gasteiger partial charge in [0.25, 0.3) is 0 Å². The van der Waals surface area contributed by atoms with Crippen molar-refractivity contribution in [1.82, 2.24) is 5.32 Å². The molecule has 1 saturated carbocycles. The topological polar surface area (TPSA) is 75.7 Å². The Morgan fingerprint density at radius 3 is 2.64 bits per heavy atom. The van der Waals surface area contributed by atoms with E-state index in [1.165, 1.54) is 4.31 Å². The molecule has 0 radical (unpaired) electrons. The van der Waals surface area contributed by atoms with Gasteiger partial charge in [0.2, 0.25) is 15.9 Å². The van der Waals surface area contributed by atoms with Gasteiger partial charge in [-0.15, -0.1) is 0 Å². The average Bonchev–Trinajstić information content (AvgIpc) is 3.23. The summed E-state index contributed by atoms with van der Waals surface area (Å²) in [5, 5.41) is 2.86. The third-order valence-electron chi connectivity index (χ3n) is 3.32. The SMILES string of the molecule is CCOc1ccccc1N(CCC(=O)NC1CC1)S(C)(=O)=O. The maximum Gasteiger partial charge on any atom is 0.232 e. The van der Waals surface area contributed by atoms with Crippen molar-refractivity contribution in [3.05, 3.63) is 24.3 Å². The van der Waals surface area contributed by atoms with E-state index in [9.17, 15) is 13.2 Å². The summed E-state index contributed by atoms with van der Waals surface area (Å²) >= 11 is 0. The third-order valence-corrected chi connectivity index (χ3v) is 4.50. The number of anilines is 1. The first kappa shape index (κ1) is 16.6. The van der Waals surface area contributed by atoms with Crippen molar-refractivity contribution in [2.24, 2.45) is 0 Å². The van der Waals surface area contributed by atoms with E-state index >= 15 is 0 Å². The molecule has 1 amide bonds. The highest BCUT2D eigenvalue weighted by Crippen LogP contribution is 2.30. The van der Waals surface area contributed by atoms with Crippen LogP contribution in [0.1, 0.15) is 26.2 Å². The second-order valence-electron chi connectivity index (χ2n) is 5.33. The zero-order chi connectivity index (χ0) is 16.2. The lowest BCUT2D eigenvalue weighted by molar-refractivity contribution is -0.121. The summed E-state index contributed by atoms with van der Waals surface area (Å²) in [4.78, 5) is 11.8. The quantitative estimate of drug-likeness (QED) is 0.786. The molecular formula is C15H22N2O4S. The number of hydrogen-bond acceptors (Lipinski definition) is 4. The molecule has 122 valence electrons. The second kappa shape index (κ2) is 7.00. The Bertz CT molecular complexity index is 626. The van der Waals surface area contributed by atoms with Crippen LogP contribution in [0.15, 0.2) is 24.3 Å². The summed E-state index contributed by atoms with van der Waals surface area (Å²) in [6.45, 7) is 2.38. The largest absolute Gasteiger partial charge is 0.492 e. The van der Waals surface area contributed by atoms with Crippen molar-refractivity contribution in [3.63, 3.8) is 0 Å². The fraction of sp³-hybridized carbons (Fsp3) is 0.533. The van der Waals surface area contributed by atoms with Crippen LogP contribution >= 0.6 is 0 Å². The molecule has 1 aliphatic rings. The molecule has 0 saturated heterocycles. The molecule has 0 atom stereocenters. The number of nitrogens with zero attached hydrogens (tertiary/aromatic N) is 1. The molecule has 1 fully saturated rings. The molecule has 0 aliphatic heterocycles. The van der Waals surface area contributed by atoms with Crippen LogP contribution in [0.3, 0.4) is 0 Å². The van der Waals surface area contributed by atoms with Crippen LogP contribution in [0.4, 0.5) is 5.69 Å². The number of rotatable bonds is 8. The van der Waals surface area contributed by atoms with E-state index in [0.717, 1.165) is 19.1 Å². The predicted octanol–water partition coefficient (Wildman–Crippen LogP) is 1.52. The van der Waals surface area contributed by atoms with Gasteiger partial charge in [-0.1, -0.05) is 12.1 Å². The normalized spacial score (nSPS) is 14.5. The van der Waals surface area contributed by atoms with Gasteiger partial charge in [-0.3, -0.25) is 9.10 Å². The molecule has 22 heavy (non-hydrogen) atoms. The summed E-state index contributed by atoms with van der Waals surface area (Å²) in [6.07, 6.45) is 3.28. The number of sulfonamides is 1. The highest BCUT2D eigenvalue weighted by molar-refractivity contribution is 7.92. The Labute approximate surface area is 131 Å². The minimum atomic E-state index is -3.49. The molecule has 1 aliphatic carbocycles. The molecule has 0 spiro atoms. The number of amides is 1. The summed E-state index contributed by atoms with van der Waals surface area (Å²) in [5.74, 6) is 0.378. The van der Waals surface area contributed by atoms with Gasteiger partial charge < -0.3 is 10.1 Å². The van der Waals surface area contributed by atoms with E-state index in [4.69, 9.17) is 4.74 Å². The fourth-order valence-corrected chi connectivity index (χ4v) is 3.07. The number of hydrogen-bond donors (Lipinski definition) is 1. The summed E-state index contributed by atoms with van der Waals surface area (Å²) in [7, 11) is -3.49. The van der Waals surface area contributed by atoms with Crippen LogP contribution in [-0.2, 0) is 14.8 Å². The van der Waals surface area contributed by atoms with Gasteiger partial charge in [-0.2, -0.15) is 0 Å². The van der Waals surface area contributed by atoms with Crippen LogP contribution < -0.4 is 14.4 Å². The van der Waals surface area contributed by atoms with E-state index in [2.05, 4.69) is 5.32 Å². The van der Waals surface area contributed by atoms with Gasteiger partial charge >= 0.3 is 0 Å². The first-order chi connectivity index (χ1) is 10.4. The standard InChI is InChI=1S/C15H22N2O4S/c1-3-21-14-7-5-4-6-13(14)17(22(2,19)20)11-10-15(18)16-12-8-9-12/h4-7,12H,3,8-11H2,1-2H3,(H,16,18). The van der Waals surface area contributed by atoms with Crippen LogP contribution in [0.25, 0.3) is 0 Å². The molecule has 1 aromatic rings. The maximum atomic E-state index is 12.1. The Hall–Kier alpha value is -1.76. The maximum absolute atomic E-state index is 12.1. The third kappa shape index (κ3) is 4.62. The second-order valence-corrected chi connectivity index (χ2v) is 7.23. The number of nitrogens with one attached hydrogen (secondary N) is 1. The molecule has 1 N–H and O–H groups in total. The zero-order valence-corrected chi connectivity index (χ0v) is 13.7. The lowest BCUT2D eigenvalue weighted by Gasteiger charge is -2.24. The lowest BCUT2D eigenvalue weighted by atomic mass is 10.2. The summed E-state index contributed by atoms with van der Waals surface area (Å²) in [5.41, 5.74) is 0.464. The molecule has 0 bridgehead atoms. The van der Waals surface area contributed by atoms with Crippen molar-refractivity contribution in [3.8, 4) is 5.75 Å². The van der Waals surface area contributed by atoms with Crippen molar-refractivity contribution >= 4 is 21.6 Å². The van der Waals surface area contributed by atoms with Gasteiger partial charge in [0.1, 0.15) is 5.75 Å². The Kier molecular flexibility index (Phi) is 5.28. The van der Waals surface area contributed by atoms with Crippen LogP contribution in [-0.4, -0.2) is 39.8 Å². The monoisotopic (exact) mass is 326 g/mol. The summed E-state index contributed by atoms with van der Waals surface area (Å²) in [6, 6.07) is 7.22. The summed E-state index contributed by atoms with van der Waals surface area (Å²) < 4.78 is 30.9. The molecular weight excluding hydrogens is 304 g/mol. The van der Waals surface area contributed by atoms with Crippen molar-refractivity contribution in [2.75, 3.05) is 23.7 Å². The molecule has 0 heterocycles. The number of benzene rings is 1. The predicted molar refractivity (Wildman–Crippen MR) is 85.6 cm³/mol. The Morgan fingerprint density at radius 2 is 2.05 bits per heavy atom. The first-order valence-corrected chi connectivity index (χ1v) is 9.25. The Balaban J connectivity index is 2.14. The van der Waals surface area contributed by atoms with E-state index in [1.807, 2.05) is 6.92 Å². The van der Waals surface area contributed by atoms with Gasteiger partial charge in [0.15, 0.2) is 0 Å². The minimum Gasteiger partial charge on any atom is -0.492 e. The number of ether oxygens (including phenoxy) is 1. The highest BCUT2D eigenvalue weighted by Gasteiger charge is 2.25. The Morgan fingerprint density at radius 1 is 1.36 bits per heavy atom. The molecule has 7 heteroatoms. The number of para-hydroxylation sites is 2. The van der Waals surface area contributed by atoms with Crippen LogP contribution in [0.2, 0.25) is 0 Å². The first-order valence-electron chi connectivity index (χ1n) is 7.40. The van der Waals surface area contributed by atoms with E-state index in [0.29, 0.717) is 18.0 Å². The average molecular weight is 326 g/mol. The lowest BCUT2D eigenvalue weighted by Crippen LogP contribution is -2.35. The van der Waals surface area contributed by atoms with Crippen LogP contribution in [0.5, 0.6) is 5.75 Å². The van der Waals surface area contributed by atoms with Gasteiger partial charge in [0, 0.05) is 19.0 Å². The van der Waals surface area contributed by atoms with Gasteiger partial charge in [-0.25, -0.2) is 8.42 Å². The van der Waals surface area contributed by atoms with Crippen molar-refractivity contribution in [2.45, 2.75) is 32.2 Å². The smallest absolute Gasteiger partial charge is 0.232 e. The highest BCUT2D eigenvalue weighted by atomic mass is 32.2. The molecule has 6 nitrogen and oxygen atoms in total. The molecule has 0 aromatic heterocycles. The number of carbonyl (C=O) groups excluding carboxylic acids is 1. The van der Waals surface area contributed by atoms with Gasteiger partial charge in [0.05, 0.1) is 18.6 Å². The van der Waals surface area contributed by atoms with E-state index < -0.39 is 10.0 Å². The molecule has 0 unspecified atom stereocenters. The van der Waals surface area contributed by atoms with E-state index in [-0.39, 0.29) is 24.9 Å². The zero-order valence-electron chi connectivity index (χ0n) is 12.9. The molecule has 1 aromatic carbocycles. The molecule has 2 rings (SSSR count). The minimum absolute atomic E-state index is 0.0987. The van der Waals surface area contributed by atoms with Crippen LogP contribution in [0, 0.1) is 0 Å². The van der Waals surface area contributed by atoms with Crippen molar-refractivity contribution in [1.29, 1.82) is 0 Å². The van der Waals surface area contributed by atoms with Crippen molar-refractivity contribution < 1.29 is 17.9 Å². The van der Waals surface area contributed by atoms with Gasteiger partial charge in [-0.05, 0) is 31.9 Å². The fourth-order valence-electron chi connectivity index (χ4n) is 2.14. The van der Waals surface area contributed by atoms with E-state index in [1.54, 1.807) is 24.3 Å².